The summed E-state index contributed by atoms with van der Waals surface area (Å²) in [6.07, 6.45) is 5.17. The molecular formula is C46H41ClN8O5S. The number of halogens is 1. The van der Waals surface area contributed by atoms with E-state index in [-0.39, 0.29) is 36.4 Å². The van der Waals surface area contributed by atoms with Gasteiger partial charge in [-0.25, -0.2) is 34.5 Å². The highest BCUT2D eigenvalue weighted by atomic mass is 35.5. The Balaban J connectivity index is 0.000000168. The van der Waals surface area contributed by atoms with E-state index < -0.39 is 12.1 Å². The van der Waals surface area contributed by atoms with Crippen LogP contribution in [-0.4, -0.2) is 71.9 Å². The van der Waals surface area contributed by atoms with Gasteiger partial charge in [0, 0.05) is 24.2 Å². The molecule has 0 saturated carbocycles. The lowest BCUT2D eigenvalue weighted by Crippen LogP contribution is -2.43. The second-order valence-electron chi connectivity index (χ2n) is 14.3. The monoisotopic (exact) mass is 852 g/mol. The molecule has 0 spiro atoms. The topological polar surface area (TPSA) is 153 Å². The lowest BCUT2D eigenvalue weighted by atomic mass is 10.1. The number of anilines is 1. The zero-order chi connectivity index (χ0) is 42.0. The van der Waals surface area contributed by atoms with Crippen LogP contribution in [0.1, 0.15) is 47.9 Å². The number of benzene rings is 4. The molecule has 4 aromatic carbocycles. The second-order valence-corrected chi connectivity index (χ2v) is 15.7. The van der Waals surface area contributed by atoms with Crippen LogP contribution in [0.4, 0.5) is 15.3 Å². The maximum atomic E-state index is 13.1. The Hall–Kier alpha value is -6.77. The van der Waals surface area contributed by atoms with Gasteiger partial charge in [-0.1, -0.05) is 144 Å². The van der Waals surface area contributed by atoms with Crippen LogP contribution in [0.15, 0.2) is 134 Å². The van der Waals surface area contributed by atoms with Crippen molar-refractivity contribution in [1.82, 2.24) is 34.7 Å². The predicted molar refractivity (Wildman–Crippen MR) is 233 cm³/mol. The van der Waals surface area contributed by atoms with Crippen molar-refractivity contribution < 1.29 is 23.9 Å². The first-order chi connectivity index (χ1) is 29.9. The van der Waals surface area contributed by atoms with Gasteiger partial charge < -0.3 is 14.8 Å². The van der Waals surface area contributed by atoms with Gasteiger partial charge in [0.2, 0.25) is 5.91 Å². The van der Waals surface area contributed by atoms with Gasteiger partial charge in [-0.3, -0.25) is 14.6 Å². The van der Waals surface area contributed by atoms with Crippen LogP contribution >= 0.6 is 22.9 Å². The molecule has 0 radical (unpaired) electrons. The molecule has 1 N–H and O–H groups in total. The van der Waals surface area contributed by atoms with Crippen molar-refractivity contribution in [3.8, 4) is 22.5 Å². The molecule has 5 heterocycles. The summed E-state index contributed by atoms with van der Waals surface area (Å²) < 4.78 is 11.0. The molecule has 2 saturated heterocycles. The number of carbonyl (C=O) groups excluding carboxylic acids is 3. The Morgan fingerprint density at radius 1 is 0.656 bits per heavy atom. The number of aromatic nitrogens is 5. The van der Waals surface area contributed by atoms with Crippen LogP contribution in [0.3, 0.4) is 0 Å². The van der Waals surface area contributed by atoms with Crippen molar-refractivity contribution >= 4 is 57.1 Å². The molecule has 0 aliphatic carbocycles. The third kappa shape index (κ3) is 9.83. The average molecular weight is 853 g/mol. The number of amides is 3. The zero-order valence-electron chi connectivity index (χ0n) is 33.0. The molecule has 2 aliphatic heterocycles. The van der Waals surface area contributed by atoms with Gasteiger partial charge in [0.15, 0.2) is 5.15 Å². The van der Waals surface area contributed by atoms with Crippen LogP contribution in [0, 0.1) is 0 Å². The fraction of sp³-hybridized carbons (Fsp3) is 0.217. The second kappa shape index (κ2) is 19.5. The normalized spacial score (nSPS) is 15.8. The molecule has 3 aromatic heterocycles. The van der Waals surface area contributed by atoms with Crippen molar-refractivity contribution in [2.24, 2.45) is 0 Å². The van der Waals surface area contributed by atoms with E-state index in [0.29, 0.717) is 37.3 Å². The highest BCUT2D eigenvalue weighted by Gasteiger charge is 2.36. The summed E-state index contributed by atoms with van der Waals surface area (Å²) >= 11 is 7.80. The summed E-state index contributed by atoms with van der Waals surface area (Å²) in [6.45, 7) is 1.55. The quantitative estimate of drug-likeness (QED) is 0.139. The third-order valence-corrected chi connectivity index (χ3v) is 11.7. The van der Waals surface area contributed by atoms with E-state index in [2.05, 4.69) is 25.3 Å². The molecule has 3 amide bonds. The Morgan fingerprint density at radius 2 is 1.18 bits per heavy atom. The van der Waals surface area contributed by atoms with Crippen molar-refractivity contribution in [2.45, 2.75) is 51.0 Å². The summed E-state index contributed by atoms with van der Waals surface area (Å²) in [5.74, 6) is -0.344. The summed E-state index contributed by atoms with van der Waals surface area (Å²) in [6, 6.07) is 37.8. The van der Waals surface area contributed by atoms with Crippen LogP contribution in [0.5, 0.6) is 0 Å². The number of ether oxygens (including phenoxy) is 2. The summed E-state index contributed by atoms with van der Waals surface area (Å²) in [5.41, 5.74) is 6.11. The maximum absolute atomic E-state index is 13.1. The van der Waals surface area contributed by atoms with Crippen LogP contribution in [-0.2, 0) is 27.5 Å². The van der Waals surface area contributed by atoms with Gasteiger partial charge in [0.25, 0.3) is 0 Å². The zero-order valence-corrected chi connectivity index (χ0v) is 34.5. The third-order valence-electron chi connectivity index (χ3n) is 10.3. The maximum Gasteiger partial charge on any atom is 0.410 e. The average Bonchev–Trinajstić information content (AvgIpc) is 4.10. The summed E-state index contributed by atoms with van der Waals surface area (Å²) in [4.78, 5) is 64.5. The smallest absolute Gasteiger partial charge is 0.410 e. The standard InChI is InChI=1S/C23H21ClN4O3.C23H20N4O2S/c24-21-20(19(25-15-26-21)17-10-5-2-6-11-17)27-22(29)18-12-7-13-28(18)23(30)31-14-16-8-3-1-4-9-16;28-23(29-14-16-8-3-1-4-9-16)27-13-7-12-18(27)21-26-20-19(17-10-5-2-6-11-17)24-15-25-22(20)30-21/h1-6,8-11,15,18H,7,12-14H2,(H,27,29);1-6,8-11,15,18H,7,12-14H2/t2*18-/m00/s1. The first-order valence-electron chi connectivity index (χ1n) is 19.9. The molecular weight excluding hydrogens is 812 g/mol. The van der Waals surface area contributed by atoms with Crippen LogP contribution in [0.2, 0.25) is 5.15 Å². The number of likely N-dealkylation sites (tertiary alicyclic amines) is 2. The van der Waals surface area contributed by atoms with Crippen molar-refractivity contribution in [3.63, 3.8) is 0 Å². The molecule has 9 rings (SSSR count). The number of hydrogen-bond donors (Lipinski definition) is 1. The van der Waals surface area contributed by atoms with E-state index in [1.165, 1.54) is 22.6 Å². The van der Waals surface area contributed by atoms with Gasteiger partial charge in [-0.2, -0.15) is 0 Å². The molecule has 2 aliphatic rings. The number of fused-ring (bicyclic) bond motifs is 1. The lowest BCUT2D eigenvalue weighted by Gasteiger charge is -2.24. The number of rotatable bonds is 9. The molecule has 0 bridgehead atoms. The number of carbonyl (C=O) groups is 3. The fourth-order valence-corrected chi connectivity index (χ4v) is 8.56. The molecule has 2 fully saturated rings. The Morgan fingerprint density at radius 3 is 1.82 bits per heavy atom. The van der Waals surface area contributed by atoms with Gasteiger partial charge >= 0.3 is 12.2 Å². The Kier molecular flexibility index (Phi) is 13.1. The summed E-state index contributed by atoms with van der Waals surface area (Å²) in [7, 11) is 0. The molecule has 15 heteroatoms. The molecule has 308 valence electrons. The number of nitrogens with zero attached hydrogens (tertiary/aromatic N) is 7. The molecule has 2 atom stereocenters. The highest BCUT2D eigenvalue weighted by Crippen LogP contribution is 2.38. The predicted octanol–water partition coefficient (Wildman–Crippen LogP) is 9.76. The van der Waals surface area contributed by atoms with Gasteiger partial charge in [-0.05, 0) is 36.8 Å². The van der Waals surface area contributed by atoms with E-state index in [4.69, 9.17) is 26.1 Å². The highest BCUT2D eigenvalue weighted by molar-refractivity contribution is 7.18. The molecule has 61 heavy (non-hydrogen) atoms. The van der Waals surface area contributed by atoms with Crippen molar-refractivity contribution in [2.75, 3.05) is 18.4 Å². The lowest BCUT2D eigenvalue weighted by molar-refractivity contribution is -0.120. The van der Waals surface area contributed by atoms with Crippen molar-refractivity contribution in [1.29, 1.82) is 0 Å². The van der Waals surface area contributed by atoms with E-state index in [1.54, 1.807) is 11.2 Å². The van der Waals surface area contributed by atoms with Gasteiger partial charge in [-0.15, -0.1) is 0 Å². The van der Waals surface area contributed by atoms with Crippen molar-refractivity contribution in [3.05, 3.63) is 155 Å². The minimum atomic E-state index is -0.650. The first-order valence-corrected chi connectivity index (χ1v) is 21.1. The van der Waals surface area contributed by atoms with Crippen LogP contribution < -0.4 is 5.32 Å². The Labute approximate surface area is 361 Å². The van der Waals surface area contributed by atoms with E-state index in [9.17, 15) is 14.4 Å². The summed E-state index contributed by atoms with van der Waals surface area (Å²) in [5, 5.41) is 3.86. The number of thiazole rings is 1. The van der Waals surface area contributed by atoms with E-state index in [0.717, 1.165) is 56.1 Å². The molecule has 13 nitrogen and oxygen atoms in total. The number of nitrogens with one attached hydrogen (secondary N) is 1. The molecule has 7 aromatic rings. The van der Waals surface area contributed by atoms with Gasteiger partial charge in [0.1, 0.15) is 58.6 Å². The van der Waals surface area contributed by atoms with Gasteiger partial charge in [0.05, 0.1) is 11.7 Å². The minimum Gasteiger partial charge on any atom is -0.445 e. The first kappa shape index (κ1) is 41.0. The number of hydrogen-bond acceptors (Lipinski definition) is 11. The van der Waals surface area contributed by atoms with E-state index >= 15 is 0 Å². The largest absolute Gasteiger partial charge is 0.445 e. The minimum absolute atomic E-state index is 0.0869. The SMILES string of the molecule is O=C(Nc1c(Cl)ncnc1-c1ccccc1)[C@@H]1CCCN1C(=O)OCc1ccccc1.O=C(OCc1ccccc1)N1CCC[C@H]1c1nc2c(-c3ccccc3)ncnc2s1. The van der Waals surface area contributed by atoms with E-state index in [1.807, 2.05) is 121 Å². The molecule has 0 unspecified atom stereocenters. The Bertz CT molecular complexity index is 2590. The van der Waals surface area contributed by atoms with Crippen LogP contribution in [0.25, 0.3) is 32.9 Å². The fourth-order valence-electron chi connectivity index (χ4n) is 7.32.